The lowest BCUT2D eigenvalue weighted by Crippen LogP contribution is -2.39. The summed E-state index contributed by atoms with van der Waals surface area (Å²) in [6.45, 7) is 7.52. The Morgan fingerprint density at radius 2 is 1.91 bits per heavy atom. The Hall–Kier alpha value is -2.68. The van der Waals surface area contributed by atoms with Gasteiger partial charge >= 0.3 is 0 Å². The van der Waals surface area contributed by atoms with Crippen molar-refractivity contribution >= 4 is 38.3 Å². The van der Waals surface area contributed by atoms with E-state index in [1.807, 2.05) is 73.3 Å². The van der Waals surface area contributed by atoms with E-state index in [4.69, 9.17) is 14.5 Å². The number of hydrogen-bond acceptors (Lipinski definition) is 7. The van der Waals surface area contributed by atoms with Gasteiger partial charge in [0, 0.05) is 51.5 Å². The van der Waals surface area contributed by atoms with E-state index in [9.17, 15) is 4.79 Å². The number of fused-ring (bicyclic) bond motifs is 1. The van der Waals surface area contributed by atoms with Gasteiger partial charge in [-0.25, -0.2) is 4.98 Å². The summed E-state index contributed by atoms with van der Waals surface area (Å²) in [6.07, 6.45) is 0.871. The maximum Gasteiger partial charge on any atom is 0.260 e. The molecule has 0 saturated carbocycles. The fourth-order valence-electron chi connectivity index (χ4n) is 3.92. The van der Waals surface area contributed by atoms with Gasteiger partial charge in [0.2, 0.25) is 0 Å². The number of carbonyl (C=O) groups is 1. The van der Waals surface area contributed by atoms with E-state index in [1.54, 1.807) is 0 Å². The van der Waals surface area contributed by atoms with Crippen LogP contribution in [0.4, 0.5) is 10.8 Å². The maximum absolute atomic E-state index is 13.6. The molecule has 1 amide bonds. The molecule has 33 heavy (non-hydrogen) atoms. The predicted octanol–water partition coefficient (Wildman–Crippen LogP) is 4.13. The highest BCUT2D eigenvalue weighted by Crippen LogP contribution is 2.35. The van der Waals surface area contributed by atoms with E-state index >= 15 is 0 Å². The molecule has 1 fully saturated rings. The monoisotopic (exact) mass is 468 g/mol. The van der Waals surface area contributed by atoms with Gasteiger partial charge in [-0.2, -0.15) is 0 Å². The summed E-state index contributed by atoms with van der Waals surface area (Å²) in [4.78, 5) is 24.7. The molecule has 0 spiro atoms. The molecule has 0 atom stereocenters. The van der Waals surface area contributed by atoms with Crippen LogP contribution in [-0.2, 0) is 4.74 Å². The summed E-state index contributed by atoms with van der Waals surface area (Å²) in [5.74, 6) is 0.729. The van der Waals surface area contributed by atoms with Crippen LogP contribution in [0, 0.1) is 0 Å². The van der Waals surface area contributed by atoms with Gasteiger partial charge in [-0.05, 0) is 49.7 Å². The summed E-state index contributed by atoms with van der Waals surface area (Å²) < 4.78 is 12.2. The molecule has 2 heterocycles. The molecule has 4 rings (SSSR count). The average Bonchev–Trinajstić information content (AvgIpc) is 3.27. The van der Waals surface area contributed by atoms with Crippen molar-refractivity contribution in [3.05, 3.63) is 48.0 Å². The van der Waals surface area contributed by atoms with Crippen LogP contribution in [0.3, 0.4) is 0 Å². The van der Waals surface area contributed by atoms with Gasteiger partial charge in [-0.1, -0.05) is 17.4 Å². The van der Waals surface area contributed by atoms with Gasteiger partial charge in [0.25, 0.3) is 5.91 Å². The third kappa shape index (κ3) is 5.63. The van der Waals surface area contributed by atoms with Crippen LogP contribution in [0.2, 0.25) is 0 Å². The number of morpholine rings is 1. The second-order valence-corrected chi connectivity index (χ2v) is 9.25. The lowest BCUT2D eigenvalue weighted by molar-refractivity contribution is 0.0376. The van der Waals surface area contributed by atoms with E-state index in [-0.39, 0.29) is 5.91 Å². The van der Waals surface area contributed by atoms with Crippen molar-refractivity contribution in [3.63, 3.8) is 0 Å². The van der Waals surface area contributed by atoms with Crippen LogP contribution in [0.5, 0.6) is 5.75 Å². The summed E-state index contributed by atoms with van der Waals surface area (Å²) in [5, 5.41) is 0.709. The predicted molar refractivity (Wildman–Crippen MR) is 135 cm³/mol. The number of carbonyl (C=O) groups excluding carboxylic acids is 1. The number of thiazole rings is 1. The molecular formula is C25H32N4O3S. The number of nitrogens with zero attached hydrogens (tertiary/aromatic N) is 4. The van der Waals surface area contributed by atoms with Gasteiger partial charge in [-0.3, -0.25) is 14.6 Å². The number of benzene rings is 2. The van der Waals surface area contributed by atoms with Gasteiger partial charge in [-0.15, -0.1) is 0 Å². The number of rotatable bonds is 9. The molecule has 0 radical (unpaired) electrons. The van der Waals surface area contributed by atoms with E-state index in [1.165, 1.54) is 11.3 Å². The lowest BCUT2D eigenvalue weighted by Gasteiger charge is -2.27. The largest absolute Gasteiger partial charge is 0.492 e. The van der Waals surface area contributed by atoms with E-state index in [0.29, 0.717) is 23.8 Å². The Kier molecular flexibility index (Phi) is 7.80. The summed E-state index contributed by atoms with van der Waals surface area (Å²) >= 11 is 1.53. The van der Waals surface area contributed by atoms with E-state index in [2.05, 4.69) is 4.90 Å². The molecule has 1 aromatic heterocycles. The Morgan fingerprint density at radius 3 is 2.61 bits per heavy atom. The molecular weight excluding hydrogens is 436 g/mol. The Labute approximate surface area is 199 Å². The zero-order valence-corrected chi connectivity index (χ0v) is 20.4. The number of amides is 1. The first-order valence-corrected chi connectivity index (χ1v) is 12.3. The molecule has 7 nitrogen and oxygen atoms in total. The summed E-state index contributed by atoms with van der Waals surface area (Å²) in [6, 6.07) is 13.7. The van der Waals surface area contributed by atoms with Crippen molar-refractivity contribution in [2.45, 2.75) is 13.3 Å². The molecule has 176 valence electrons. The normalized spacial score (nSPS) is 14.4. The summed E-state index contributed by atoms with van der Waals surface area (Å²) in [7, 11) is 3.98. The maximum atomic E-state index is 13.6. The first kappa shape index (κ1) is 23.5. The third-order valence-electron chi connectivity index (χ3n) is 5.74. The van der Waals surface area contributed by atoms with Gasteiger partial charge in [0.05, 0.1) is 24.5 Å². The molecule has 1 aliphatic heterocycles. The van der Waals surface area contributed by atoms with Crippen molar-refractivity contribution in [2.24, 2.45) is 0 Å². The Morgan fingerprint density at radius 1 is 1.15 bits per heavy atom. The molecule has 1 aliphatic rings. The topological polar surface area (TPSA) is 58.1 Å². The zero-order chi connectivity index (χ0) is 23.2. The third-order valence-corrected chi connectivity index (χ3v) is 6.78. The van der Waals surface area contributed by atoms with Crippen molar-refractivity contribution < 1.29 is 14.3 Å². The van der Waals surface area contributed by atoms with Crippen LogP contribution in [-0.4, -0.2) is 75.9 Å². The number of anilines is 2. The lowest BCUT2D eigenvalue weighted by atomic mass is 10.1. The quantitative estimate of drug-likeness (QED) is 0.471. The highest BCUT2D eigenvalue weighted by molar-refractivity contribution is 7.22. The molecule has 0 bridgehead atoms. The van der Waals surface area contributed by atoms with Crippen molar-refractivity contribution in [3.8, 4) is 5.75 Å². The molecule has 0 N–H and O–H groups in total. The smallest absolute Gasteiger partial charge is 0.260 e. The second kappa shape index (κ2) is 11.0. The summed E-state index contributed by atoms with van der Waals surface area (Å²) in [5.41, 5.74) is 2.54. The minimum Gasteiger partial charge on any atom is -0.492 e. The SMILES string of the molecule is CCOc1cccc2sc(N(CCCN3CCOCC3)C(=O)c3ccc(N(C)C)cc3)nc12. The Bertz CT molecular complexity index is 1060. The minimum atomic E-state index is -0.0284. The number of ether oxygens (including phenoxy) is 2. The van der Waals surface area contributed by atoms with Gasteiger partial charge in [0.1, 0.15) is 11.3 Å². The first-order valence-electron chi connectivity index (χ1n) is 11.5. The fraction of sp³-hybridized carbons (Fsp3) is 0.440. The molecule has 3 aromatic rings. The number of aromatic nitrogens is 1. The van der Waals surface area contributed by atoms with Crippen LogP contribution in [0.15, 0.2) is 42.5 Å². The molecule has 0 aliphatic carbocycles. The Balaban J connectivity index is 1.59. The second-order valence-electron chi connectivity index (χ2n) is 8.24. The van der Waals surface area contributed by atoms with Crippen molar-refractivity contribution in [1.82, 2.24) is 9.88 Å². The van der Waals surface area contributed by atoms with Crippen LogP contribution < -0.4 is 14.5 Å². The molecule has 0 unspecified atom stereocenters. The van der Waals surface area contributed by atoms with E-state index < -0.39 is 0 Å². The van der Waals surface area contributed by atoms with Crippen LogP contribution in [0.1, 0.15) is 23.7 Å². The number of hydrogen-bond donors (Lipinski definition) is 0. The van der Waals surface area contributed by atoms with E-state index in [0.717, 1.165) is 60.9 Å². The first-order chi connectivity index (χ1) is 16.1. The highest BCUT2D eigenvalue weighted by Gasteiger charge is 2.23. The van der Waals surface area contributed by atoms with Crippen molar-refractivity contribution in [2.75, 3.05) is 69.9 Å². The molecule has 2 aromatic carbocycles. The zero-order valence-electron chi connectivity index (χ0n) is 19.6. The average molecular weight is 469 g/mol. The minimum absolute atomic E-state index is 0.0284. The molecule has 1 saturated heterocycles. The number of para-hydroxylation sites is 1. The van der Waals surface area contributed by atoms with Gasteiger partial charge < -0.3 is 14.4 Å². The fourth-order valence-corrected chi connectivity index (χ4v) is 4.93. The molecule has 8 heteroatoms. The highest BCUT2D eigenvalue weighted by atomic mass is 32.1. The van der Waals surface area contributed by atoms with Crippen LogP contribution in [0.25, 0.3) is 10.2 Å². The van der Waals surface area contributed by atoms with Gasteiger partial charge in [0.15, 0.2) is 5.13 Å². The van der Waals surface area contributed by atoms with Crippen LogP contribution >= 0.6 is 11.3 Å². The standard InChI is InChI=1S/C25H32N4O3S/c1-4-32-21-7-5-8-22-23(21)26-25(33-22)29(14-6-13-28-15-17-31-18-16-28)24(30)19-9-11-20(12-10-19)27(2)3/h5,7-12H,4,6,13-18H2,1-3H3. The van der Waals surface area contributed by atoms with Crippen molar-refractivity contribution in [1.29, 1.82) is 0 Å².